The Morgan fingerprint density at radius 2 is 0.980 bits per heavy atom. The number of hydrogen-bond acceptors (Lipinski definition) is 8. The number of rotatable bonds is 39. The van der Waals surface area contributed by atoms with E-state index in [-0.39, 0.29) is 25.6 Å². The highest BCUT2D eigenvalue weighted by Gasteiger charge is 2.27. The molecule has 0 amide bonds. The number of ether oxygens (including phenoxy) is 2. The van der Waals surface area contributed by atoms with Gasteiger partial charge in [0.05, 0.1) is 27.7 Å². The molecular weight excluding hydrogens is 685 g/mol. The predicted octanol–water partition coefficient (Wildman–Crippen LogP) is 11.2. The third-order valence-electron chi connectivity index (χ3n) is 9.19. The van der Waals surface area contributed by atoms with Crippen LogP contribution in [0.25, 0.3) is 0 Å². The first kappa shape index (κ1) is 50.4. The van der Waals surface area contributed by atoms with Gasteiger partial charge in [-0.05, 0) is 25.0 Å². The SMILES string of the molecule is CCCCCCCCCCCCCCCC(=O)OCC(COP(=O)(O)OCC[N+](C)(C)C)OC(=O)CCCCCCCCCCCCCCCS. The van der Waals surface area contributed by atoms with Gasteiger partial charge in [-0.2, -0.15) is 12.6 Å². The molecule has 0 saturated carbocycles. The Labute approximate surface area is 319 Å². The minimum absolute atomic E-state index is 0.0346. The highest BCUT2D eigenvalue weighted by molar-refractivity contribution is 7.80. The number of carbonyl (C=O) groups excluding carboxylic acids is 2. The van der Waals surface area contributed by atoms with Crippen LogP contribution in [0.4, 0.5) is 0 Å². The number of carbonyl (C=O) groups is 2. The van der Waals surface area contributed by atoms with Crippen molar-refractivity contribution in [3.05, 3.63) is 0 Å². The molecule has 1 N–H and O–H groups in total. The van der Waals surface area contributed by atoms with Crippen molar-refractivity contribution in [2.24, 2.45) is 0 Å². The van der Waals surface area contributed by atoms with Crippen molar-refractivity contribution in [1.29, 1.82) is 0 Å². The van der Waals surface area contributed by atoms with E-state index in [0.717, 1.165) is 37.9 Å². The molecule has 2 atom stereocenters. The Bertz CT molecular complexity index is 857. The van der Waals surface area contributed by atoms with Crippen molar-refractivity contribution in [2.45, 2.75) is 193 Å². The number of phosphoric acid groups is 1. The minimum atomic E-state index is -4.36. The summed E-state index contributed by atoms with van der Waals surface area (Å²) in [6.07, 6.45) is 31.1. The van der Waals surface area contributed by atoms with Crippen LogP contribution in [-0.2, 0) is 32.7 Å². The molecule has 0 radical (unpaired) electrons. The van der Waals surface area contributed by atoms with E-state index in [4.69, 9.17) is 18.5 Å². The largest absolute Gasteiger partial charge is 0.472 e. The van der Waals surface area contributed by atoms with E-state index < -0.39 is 26.5 Å². The standard InChI is InChI=1S/C40H80NO8PS/c1-5-6-7-8-9-10-11-13-16-19-22-25-28-31-39(42)46-36-38(37-48-50(44,45)47-34-33-41(2,3)4)49-40(43)32-29-26-23-20-17-14-12-15-18-21-24-27-30-35-51/h38H,5-37H2,1-4H3,(H-,44,45,51)/p+1. The van der Waals surface area contributed by atoms with Crippen LogP contribution in [0.5, 0.6) is 0 Å². The van der Waals surface area contributed by atoms with Crippen molar-refractivity contribution in [1.82, 2.24) is 0 Å². The van der Waals surface area contributed by atoms with E-state index in [9.17, 15) is 19.0 Å². The molecule has 0 saturated heterocycles. The third-order valence-corrected chi connectivity index (χ3v) is 10.5. The molecule has 0 spiro atoms. The van der Waals surface area contributed by atoms with E-state index in [0.29, 0.717) is 23.9 Å². The zero-order valence-corrected chi connectivity index (χ0v) is 35.3. The number of esters is 2. The molecule has 0 heterocycles. The highest BCUT2D eigenvalue weighted by atomic mass is 32.1. The highest BCUT2D eigenvalue weighted by Crippen LogP contribution is 2.43. The smallest absolute Gasteiger partial charge is 0.462 e. The number of hydrogen-bond donors (Lipinski definition) is 2. The van der Waals surface area contributed by atoms with Crippen molar-refractivity contribution in [3.63, 3.8) is 0 Å². The monoisotopic (exact) mass is 767 g/mol. The normalized spacial score (nSPS) is 13.6. The van der Waals surface area contributed by atoms with Gasteiger partial charge in [0.1, 0.15) is 19.8 Å². The van der Waals surface area contributed by atoms with Gasteiger partial charge in [-0.15, -0.1) is 0 Å². The fourth-order valence-corrected chi connectivity index (χ4v) is 6.84. The lowest BCUT2D eigenvalue weighted by atomic mass is 10.0. The predicted molar refractivity (Wildman–Crippen MR) is 214 cm³/mol. The first-order valence-corrected chi connectivity index (χ1v) is 23.0. The molecule has 9 nitrogen and oxygen atoms in total. The number of unbranched alkanes of at least 4 members (excludes halogenated alkanes) is 24. The Balaban J connectivity index is 4.35. The summed E-state index contributed by atoms with van der Waals surface area (Å²) in [4.78, 5) is 35.3. The summed E-state index contributed by atoms with van der Waals surface area (Å²) in [5.41, 5.74) is 0. The van der Waals surface area contributed by atoms with Gasteiger partial charge in [-0.3, -0.25) is 18.6 Å². The molecule has 51 heavy (non-hydrogen) atoms. The van der Waals surface area contributed by atoms with E-state index in [2.05, 4.69) is 19.6 Å². The van der Waals surface area contributed by atoms with E-state index in [1.54, 1.807) is 0 Å². The number of quaternary nitrogens is 1. The maximum absolute atomic E-state index is 12.6. The molecule has 0 aliphatic heterocycles. The maximum atomic E-state index is 12.6. The van der Waals surface area contributed by atoms with Gasteiger partial charge in [0.15, 0.2) is 6.10 Å². The van der Waals surface area contributed by atoms with E-state index in [1.165, 1.54) is 128 Å². The molecule has 2 unspecified atom stereocenters. The summed E-state index contributed by atoms with van der Waals surface area (Å²) in [7, 11) is 1.48. The summed E-state index contributed by atoms with van der Waals surface area (Å²) in [5, 5.41) is 0. The lowest BCUT2D eigenvalue weighted by Gasteiger charge is -2.24. The summed E-state index contributed by atoms with van der Waals surface area (Å²) in [5.74, 6) is 0.203. The van der Waals surface area contributed by atoms with Crippen LogP contribution in [-0.4, -0.2) is 80.7 Å². The zero-order valence-electron chi connectivity index (χ0n) is 33.6. The van der Waals surface area contributed by atoms with Crippen LogP contribution in [0.15, 0.2) is 0 Å². The third kappa shape index (κ3) is 38.9. The van der Waals surface area contributed by atoms with Crippen LogP contribution in [0.3, 0.4) is 0 Å². The Morgan fingerprint density at radius 1 is 0.588 bits per heavy atom. The molecule has 0 bridgehead atoms. The average molecular weight is 767 g/mol. The van der Waals surface area contributed by atoms with Gasteiger partial charge < -0.3 is 18.9 Å². The topological polar surface area (TPSA) is 108 Å². The Kier molecular flexibility index (Phi) is 34.6. The average Bonchev–Trinajstić information content (AvgIpc) is 3.07. The summed E-state index contributed by atoms with van der Waals surface area (Å²) < 4.78 is 34.2. The summed E-state index contributed by atoms with van der Waals surface area (Å²) in [6.45, 7) is 2.18. The fourth-order valence-electron chi connectivity index (χ4n) is 5.88. The second-order valence-corrected chi connectivity index (χ2v) is 17.4. The van der Waals surface area contributed by atoms with Gasteiger partial charge in [0.2, 0.25) is 0 Å². The number of nitrogens with zero attached hydrogens (tertiary/aromatic N) is 1. The molecule has 0 aliphatic rings. The zero-order chi connectivity index (χ0) is 37.9. The minimum Gasteiger partial charge on any atom is -0.462 e. The van der Waals surface area contributed by atoms with Crippen LogP contribution >= 0.6 is 20.5 Å². The van der Waals surface area contributed by atoms with Crippen molar-refractivity contribution in [3.8, 4) is 0 Å². The van der Waals surface area contributed by atoms with Gasteiger partial charge in [-0.25, -0.2) is 4.57 Å². The maximum Gasteiger partial charge on any atom is 0.472 e. The first-order valence-electron chi connectivity index (χ1n) is 20.9. The Hall–Kier alpha value is -0.640. The second-order valence-electron chi connectivity index (χ2n) is 15.5. The molecule has 304 valence electrons. The molecule has 0 aromatic carbocycles. The summed E-state index contributed by atoms with van der Waals surface area (Å²) in [6, 6.07) is 0. The number of phosphoric ester groups is 1. The van der Waals surface area contributed by atoms with Crippen molar-refractivity contribution < 1.29 is 42.1 Å². The van der Waals surface area contributed by atoms with Crippen molar-refractivity contribution >= 4 is 32.4 Å². The fraction of sp³-hybridized carbons (Fsp3) is 0.950. The lowest BCUT2D eigenvalue weighted by molar-refractivity contribution is -0.870. The summed E-state index contributed by atoms with van der Waals surface area (Å²) >= 11 is 4.27. The number of likely N-dealkylation sites (N-methyl/N-ethyl adjacent to an activating group) is 1. The van der Waals surface area contributed by atoms with Gasteiger partial charge in [0, 0.05) is 12.8 Å². The van der Waals surface area contributed by atoms with Gasteiger partial charge in [-0.1, -0.05) is 155 Å². The van der Waals surface area contributed by atoms with Crippen LogP contribution < -0.4 is 0 Å². The van der Waals surface area contributed by atoms with Gasteiger partial charge >= 0.3 is 19.8 Å². The molecule has 0 aromatic rings. The molecule has 11 heteroatoms. The van der Waals surface area contributed by atoms with Crippen molar-refractivity contribution in [2.75, 3.05) is 53.3 Å². The quantitative estimate of drug-likeness (QED) is 0.0209. The molecule has 0 fully saturated rings. The number of thiol groups is 1. The molecule has 0 aliphatic carbocycles. The molecule has 0 rings (SSSR count). The van der Waals surface area contributed by atoms with Crippen LogP contribution in [0, 0.1) is 0 Å². The van der Waals surface area contributed by atoms with E-state index >= 15 is 0 Å². The van der Waals surface area contributed by atoms with Crippen LogP contribution in [0.1, 0.15) is 187 Å². The molecule has 0 aromatic heterocycles. The Morgan fingerprint density at radius 3 is 1.39 bits per heavy atom. The van der Waals surface area contributed by atoms with E-state index in [1.807, 2.05) is 21.1 Å². The first-order chi connectivity index (χ1) is 24.5. The molecular formula is C40H81NO8PS+. The van der Waals surface area contributed by atoms with Gasteiger partial charge in [0.25, 0.3) is 0 Å². The van der Waals surface area contributed by atoms with Crippen LogP contribution in [0.2, 0.25) is 0 Å². The lowest BCUT2D eigenvalue weighted by Crippen LogP contribution is -2.37. The second kappa shape index (κ2) is 35.1.